The van der Waals surface area contributed by atoms with Crippen molar-refractivity contribution in [3.8, 4) is 0 Å². The first-order chi connectivity index (χ1) is 6.16. The van der Waals surface area contributed by atoms with Crippen LogP contribution in [-0.2, 0) is 0 Å². The Morgan fingerprint density at radius 3 is 2.85 bits per heavy atom. The van der Waals surface area contributed by atoms with E-state index in [4.69, 9.17) is 0 Å². The Morgan fingerprint density at radius 2 is 2.31 bits per heavy atom. The zero-order valence-electron chi connectivity index (χ0n) is 7.87. The van der Waals surface area contributed by atoms with Gasteiger partial charge in [-0.05, 0) is 19.5 Å². The van der Waals surface area contributed by atoms with Crippen LogP contribution in [0.4, 0.5) is 0 Å². The molecule has 4 heteroatoms. The smallest absolute Gasteiger partial charge is 0.310 e. The third-order valence-corrected chi connectivity index (χ3v) is 2.55. The van der Waals surface area contributed by atoms with Crippen molar-refractivity contribution in [2.75, 3.05) is 20.1 Å². The molecule has 1 aromatic rings. The Morgan fingerprint density at radius 1 is 1.62 bits per heavy atom. The number of likely N-dealkylation sites (N-methyl/N-ethyl adjacent to an activating group) is 1. The predicted molar refractivity (Wildman–Crippen MR) is 49.8 cm³/mol. The molecular weight excluding hydrogens is 166 g/mol. The van der Waals surface area contributed by atoms with Gasteiger partial charge in [0.05, 0.1) is 0 Å². The number of likely N-dealkylation sites (tertiary alicyclic amines) is 1. The topological polar surface area (TPSA) is 49.0 Å². The van der Waals surface area contributed by atoms with E-state index in [9.17, 15) is 4.79 Å². The van der Waals surface area contributed by atoms with Gasteiger partial charge < -0.3 is 9.88 Å². The van der Waals surface area contributed by atoms with E-state index in [-0.39, 0.29) is 5.69 Å². The first-order valence-corrected chi connectivity index (χ1v) is 4.41. The molecule has 0 saturated carbocycles. The number of hydrogen-bond acceptors (Lipinski definition) is 3. The van der Waals surface area contributed by atoms with E-state index >= 15 is 0 Å². The zero-order chi connectivity index (χ0) is 9.42. The highest BCUT2D eigenvalue weighted by Gasteiger charge is 2.26. The molecule has 0 bridgehead atoms. The van der Waals surface area contributed by atoms with Gasteiger partial charge in [-0.2, -0.15) is 0 Å². The summed E-state index contributed by atoms with van der Waals surface area (Å²) in [6.45, 7) is 4.06. The first kappa shape index (κ1) is 8.44. The second-order valence-electron chi connectivity index (χ2n) is 3.69. The minimum absolute atomic E-state index is 0.256. The predicted octanol–water partition coefficient (Wildman–Crippen LogP) is 0.107. The molecule has 1 aliphatic heterocycles. The lowest BCUT2D eigenvalue weighted by atomic mass is 9.92. The Kier molecular flexibility index (Phi) is 1.92. The fourth-order valence-corrected chi connectivity index (χ4v) is 1.80. The summed E-state index contributed by atoms with van der Waals surface area (Å²) >= 11 is 0. The van der Waals surface area contributed by atoms with Crippen LogP contribution in [0.5, 0.6) is 0 Å². The van der Waals surface area contributed by atoms with E-state index < -0.39 is 0 Å². The van der Waals surface area contributed by atoms with Crippen molar-refractivity contribution in [2.45, 2.75) is 12.8 Å². The molecule has 70 valence electrons. The highest BCUT2D eigenvalue weighted by molar-refractivity contribution is 5.22. The third kappa shape index (κ3) is 1.49. The van der Waals surface area contributed by atoms with Crippen LogP contribution in [0.3, 0.4) is 0 Å². The largest absolute Gasteiger partial charge is 0.345 e. The molecule has 0 spiro atoms. The minimum atomic E-state index is -0.256. The summed E-state index contributed by atoms with van der Waals surface area (Å²) in [6, 6.07) is 0. The number of aromatic amines is 1. The molecule has 0 radical (unpaired) electrons. The minimum Gasteiger partial charge on any atom is -0.310 e. The molecule has 0 amide bonds. The lowest BCUT2D eigenvalue weighted by Gasteiger charge is -2.36. The number of H-pyrrole nitrogens is 1. The summed E-state index contributed by atoms with van der Waals surface area (Å²) in [5.41, 5.74) is 1.88. The maximum atomic E-state index is 10.9. The van der Waals surface area contributed by atoms with Gasteiger partial charge in [0.2, 0.25) is 0 Å². The average Bonchev–Trinajstić information content (AvgIpc) is 2.00. The Labute approximate surface area is 76.6 Å². The maximum Gasteiger partial charge on any atom is 0.345 e. The number of hydrogen-bond donors (Lipinski definition) is 1. The van der Waals surface area contributed by atoms with Gasteiger partial charge in [-0.25, -0.2) is 9.78 Å². The van der Waals surface area contributed by atoms with E-state index in [1.807, 2.05) is 6.92 Å². The van der Waals surface area contributed by atoms with E-state index in [1.165, 1.54) is 5.56 Å². The van der Waals surface area contributed by atoms with Gasteiger partial charge in [0, 0.05) is 30.9 Å². The SMILES string of the molecule is Cc1[nH]c(=O)ncc1C1CN(C)C1. The van der Waals surface area contributed by atoms with Gasteiger partial charge in [0.25, 0.3) is 0 Å². The summed E-state index contributed by atoms with van der Waals surface area (Å²) in [7, 11) is 2.09. The number of nitrogens with one attached hydrogen (secondary N) is 1. The van der Waals surface area contributed by atoms with Crippen LogP contribution < -0.4 is 5.69 Å². The average molecular weight is 179 g/mol. The monoisotopic (exact) mass is 179 g/mol. The molecule has 1 aromatic heterocycles. The summed E-state index contributed by atoms with van der Waals surface area (Å²) < 4.78 is 0. The fourth-order valence-electron chi connectivity index (χ4n) is 1.80. The second kappa shape index (κ2) is 2.96. The number of aryl methyl sites for hydroxylation is 1. The number of aromatic nitrogens is 2. The Balaban J connectivity index is 2.26. The van der Waals surface area contributed by atoms with E-state index in [2.05, 4.69) is 21.9 Å². The van der Waals surface area contributed by atoms with Gasteiger partial charge in [-0.3, -0.25) is 0 Å². The molecule has 2 heterocycles. The van der Waals surface area contributed by atoms with Crippen molar-refractivity contribution >= 4 is 0 Å². The molecule has 1 N–H and O–H groups in total. The molecule has 0 aliphatic carbocycles. The normalized spacial score (nSPS) is 18.6. The van der Waals surface area contributed by atoms with Crippen LogP contribution >= 0.6 is 0 Å². The van der Waals surface area contributed by atoms with Crippen LogP contribution in [0.15, 0.2) is 11.0 Å². The van der Waals surface area contributed by atoms with E-state index in [0.29, 0.717) is 5.92 Å². The summed E-state index contributed by atoms with van der Waals surface area (Å²) in [5, 5.41) is 0. The molecule has 1 aliphatic rings. The zero-order valence-corrected chi connectivity index (χ0v) is 7.87. The first-order valence-electron chi connectivity index (χ1n) is 4.41. The fraction of sp³-hybridized carbons (Fsp3) is 0.556. The van der Waals surface area contributed by atoms with Gasteiger partial charge in [0.15, 0.2) is 0 Å². The summed E-state index contributed by atoms with van der Waals surface area (Å²) in [5.74, 6) is 0.550. The van der Waals surface area contributed by atoms with Crippen LogP contribution in [0.25, 0.3) is 0 Å². The van der Waals surface area contributed by atoms with Crippen molar-refractivity contribution in [3.63, 3.8) is 0 Å². The van der Waals surface area contributed by atoms with Gasteiger partial charge in [-0.1, -0.05) is 0 Å². The van der Waals surface area contributed by atoms with E-state index in [0.717, 1.165) is 18.8 Å². The lowest BCUT2D eigenvalue weighted by molar-refractivity contribution is 0.188. The lowest BCUT2D eigenvalue weighted by Crippen LogP contribution is -2.42. The third-order valence-electron chi connectivity index (χ3n) is 2.55. The van der Waals surface area contributed by atoms with Crippen molar-refractivity contribution in [1.82, 2.24) is 14.9 Å². The van der Waals surface area contributed by atoms with Gasteiger partial charge in [-0.15, -0.1) is 0 Å². The number of nitrogens with zero attached hydrogens (tertiary/aromatic N) is 2. The Hall–Kier alpha value is -1.16. The summed E-state index contributed by atoms with van der Waals surface area (Å²) in [6.07, 6.45) is 1.70. The van der Waals surface area contributed by atoms with Gasteiger partial charge >= 0.3 is 5.69 Å². The molecule has 1 saturated heterocycles. The van der Waals surface area contributed by atoms with Crippen molar-refractivity contribution in [3.05, 3.63) is 27.9 Å². The molecule has 4 nitrogen and oxygen atoms in total. The van der Waals surface area contributed by atoms with Crippen molar-refractivity contribution < 1.29 is 0 Å². The highest BCUT2D eigenvalue weighted by atomic mass is 16.1. The molecular formula is C9H13N3O. The molecule has 0 atom stereocenters. The van der Waals surface area contributed by atoms with Crippen LogP contribution in [0.2, 0.25) is 0 Å². The van der Waals surface area contributed by atoms with Crippen molar-refractivity contribution in [1.29, 1.82) is 0 Å². The van der Waals surface area contributed by atoms with Crippen LogP contribution in [0, 0.1) is 6.92 Å². The quantitative estimate of drug-likeness (QED) is 0.665. The molecule has 2 rings (SSSR count). The second-order valence-corrected chi connectivity index (χ2v) is 3.69. The van der Waals surface area contributed by atoms with Crippen LogP contribution in [0.1, 0.15) is 17.2 Å². The van der Waals surface area contributed by atoms with Gasteiger partial charge in [0.1, 0.15) is 0 Å². The molecule has 0 aromatic carbocycles. The maximum absolute atomic E-state index is 10.9. The Bertz CT molecular complexity index is 365. The van der Waals surface area contributed by atoms with Crippen molar-refractivity contribution in [2.24, 2.45) is 0 Å². The standard InChI is InChI=1S/C9H13N3O/c1-6-8(3-10-9(13)11-6)7-4-12(2)5-7/h3,7H,4-5H2,1-2H3,(H,10,11,13). The molecule has 0 unspecified atom stereocenters. The molecule has 1 fully saturated rings. The van der Waals surface area contributed by atoms with E-state index in [1.54, 1.807) is 6.20 Å². The highest BCUT2D eigenvalue weighted by Crippen LogP contribution is 2.25. The van der Waals surface area contributed by atoms with Crippen LogP contribution in [-0.4, -0.2) is 35.0 Å². The summed E-state index contributed by atoms with van der Waals surface area (Å²) in [4.78, 5) is 19.6. The molecule has 13 heavy (non-hydrogen) atoms. The number of rotatable bonds is 1.